The van der Waals surface area contributed by atoms with Gasteiger partial charge in [0, 0.05) is 41.6 Å². The molecule has 0 radical (unpaired) electrons. The number of pyridine rings is 1. The van der Waals surface area contributed by atoms with Gasteiger partial charge in [-0.3, -0.25) is 9.59 Å². The van der Waals surface area contributed by atoms with E-state index in [1.165, 1.54) is 0 Å². The topological polar surface area (TPSA) is 92.9 Å². The lowest BCUT2D eigenvalue weighted by molar-refractivity contribution is 0.102. The average molecular weight is 550 g/mol. The maximum atomic E-state index is 13.3. The van der Waals surface area contributed by atoms with Crippen molar-refractivity contribution in [1.82, 2.24) is 4.98 Å². The first-order valence-electron chi connectivity index (χ1n) is 13.2. The number of anilines is 2. The Labute approximate surface area is 238 Å². The van der Waals surface area contributed by atoms with Gasteiger partial charge in [0.1, 0.15) is 12.4 Å². The number of carbonyl (C=O) groups excluding carboxylic acids is 1. The minimum Gasteiger partial charge on any atom is -0.493 e. The molecule has 0 saturated heterocycles. The predicted octanol–water partition coefficient (Wildman–Crippen LogP) is 5.98. The van der Waals surface area contributed by atoms with Gasteiger partial charge >= 0.3 is 0 Å². The van der Waals surface area contributed by atoms with Crippen molar-refractivity contribution in [3.8, 4) is 28.5 Å². The molecule has 4 aromatic carbocycles. The number of aromatic amines is 1. The molecule has 5 rings (SSSR count). The fraction of sp³-hybridized carbons (Fsp3) is 0.152. The number of nitrogens with zero attached hydrogens (tertiary/aromatic N) is 1. The van der Waals surface area contributed by atoms with E-state index >= 15 is 0 Å². The number of nitrogens with one attached hydrogen (secondary N) is 2. The zero-order chi connectivity index (χ0) is 28.8. The molecule has 0 aliphatic carbocycles. The highest BCUT2D eigenvalue weighted by Gasteiger charge is 2.14. The first-order valence-corrected chi connectivity index (χ1v) is 13.2. The van der Waals surface area contributed by atoms with Crippen molar-refractivity contribution in [2.45, 2.75) is 0 Å². The molecule has 0 aliphatic heterocycles. The molecule has 41 heavy (non-hydrogen) atoms. The zero-order valence-electron chi connectivity index (χ0n) is 23.1. The zero-order valence-corrected chi connectivity index (χ0v) is 23.1. The minimum absolute atomic E-state index is 0.148. The number of likely N-dealkylation sites (N-methyl/N-ethyl adjacent to an activating group) is 1. The molecular weight excluding hydrogens is 518 g/mol. The SMILES string of the molecule is COc1ccc(N(C)CCOc2ccc(NC(=O)c3cccc4c(=O)cc(-c5ccccc5)[nH]c34)cc2)cc1OC. The van der Waals surface area contributed by atoms with Crippen molar-refractivity contribution in [2.75, 3.05) is 44.6 Å². The number of benzene rings is 4. The summed E-state index contributed by atoms with van der Waals surface area (Å²) in [5.74, 6) is 1.72. The number of methoxy groups -OCH3 is 2. The van der Waals surface area contributed by atoms with Crippen molar-refractivity contribution >= 4 is 28.2 Å². The smallest absolute Gasteiger partial charge is 0.257 e. The van der Waals surface area contributed by atoms with Crippen LogP contribution in [-0.4, -0.2) is 45.3 Å². The second kappa shape index (κ2) is 12.3. The van der Waals surface area contributed by atoms with E-state index in [9.17, 15) is 9.59 Å². The molecule has 0 spiro atoms. The fourth-order valence-corrected chi connectivity index (χ4v) is 4.56. The molecule has 1 aromatic heterocycles. The Hall–Kier alpha value is -5.24. The van der Waals surface area contributed by atoms with Gasteiger partial charge in [-0.25, -0.2) is 0 Å². The molecule has 8 heteroatoms. The monoisotopic (exact) mass is 549 g/mol. The summed E-state index contributed by atoms with van der Waals surface area (Å²) in [5, 5.41) is 3.38. The van der Waals surface area contributed by atoms with Gasteiger partial charge in [0.05, 0.1) is 31.8 Å². The second-order valence-corrected chi connectivity index (χ2v) is 9.43. The van der Waals surface area contributed by atoms with Crippen molar-refractivity contribution in [1.29, 1.82) is 0 Å². The number of hydrogen-bond acceptors (Lipinski definition) is 6. The molecular formula is C33H31N3O5. The van der Waals surface area contributed by atoms with Gasteiger partial charge in [-0.2, -0.15) is 0 Å². The first kappa shape index (κ1) is 27.3. The Bertz CT molecular complexity index is 1720. The molecule has 0 bridgehead atoms. The van der Waals surface area contributed by atoms with E-state index in [1.807, 2.05) is 67.7 Å². The first-order chi connectivity index (χ1) is 20.0. The van der Waals surface area contributed by atoms with Crippen LogP contribution in [0.5, 0.6) is 17.2 Å². The van der Waals surface area contributed by atoms with Crippen LogP contribution in [0.2, 0.25) is 0 Å². The summed E-state index contributed by atoms with van der Waals surface area (Å²) in [6, 6.07) is 29.2. The predicted molar refractivity (Wildman–Crippen MR) is 163 cm³/mol. The molecule has 0 atom stereocenters. The summed E-state index contributed by atoms with van der Waals surface area (Å²) >= 11 is 0. The highest BCUT2D eigenvalue weighted by atomic mass is 16.5. The summed E-state index contributed by atoms with van der Waals surface area (Å²) in [6.07, 6.45) is 0. The third-order valence-corrected chi connectivity index (χ3v) is 6.81. The molecule has 8 nitrogen and oxygen atoms in total. The molecule has 5 aromatic rings. The number of carbonyl (C=O) groups is 1. The van der Waals surface area contributed by atoms with E-state index in [2.05, 4.69) is 15.2 Å². The van der Waals surface area contributed by atoms with Crippen LogP contribution in [0.4, 0.5) is 11.4 Å². The van der Waals surface area contributed by atoms with E-state index in [0.717, 1.165) is 11.3 Å². The van der Waals surface area contributed by atoms with Crippen LogP contribution < -0.4 is 29.9 Å². The maximum absolute atomic E-state index is 13.3. The van der Waals surface area contributed by atoms with Crippen LogP contribution in [0.15, 0.2) is 102 Å². The van der Waals surface area contributed by atoms with Gasteiger partial charge in [-0.15, -0.1) is 0 Å². The summed E-state index contributed by atoms with van der Waals surface area (Å²) < 4.78 is 16.6. The van der Waals surface area contributed by atoms with Crippen LogP contribution in [0.25, 0.3) is 22.2 Å². The van der Waals surface area contributed by atoms with Crippen LogP contribution in [0.3, 0.4) is 0 Å². The number of aromatic nitrogens is 1. The van der Waals surface area contributed by atoms with Crippen LogP contribution in [0.1, 0.15) is 10.4 Å². The highest BCUT2D eigenvalue weighted by Crippen LogP contribution is 2.31. The van der Waals surface area contributed by atoms with Gasteiger partial charge in [0.2, 0.25) is 0 Å². The summed E-state index contributed by atoms with van der Waals surface area (Å²) in [5.41, 5.74) is 3.85. The molecule has 1 amide bonds. The number of hydrogen-bond donors (Lipinski definition) is 2. The standard InChI is InChI=1S/C33H31N3O5/c1-36(24-14-17-30(39-2)31(20-24)40-3)18-19-41-25-15-12-23(13-16-25)34-33(38)27-11-7-10-26-29(37)21-28(35-32(26)27)22-8-5-4-6-9-22/h4-17,20-21H,18-19H2,1-3H3,(H,34,38)(H,35,37). The van der Waals surface area contributed by atoms with Crippen LogP contribution in [0, 0.1) is 0 Å². The van der Waals surface area contributed by atoms with Crippen LogP contribution >= 0.6 is 0 Å². The third kappa shape index (κ3) is 6.17. The molecule has 0 unspecified atom stereocenters. The highest BCUT2D eigenvalue weighted by molar-refractivity contribution is 6.12. The van der Waals surface area contributed by atoms with Crippen molar-refractivity contribution in [3.63, 3.8) is 0 Å². The maximum Gasteiger partial charge on any atom is 0.257 e. The average Bonchev–Trinajstić information content (AvgIpc) is 3.01. The Kier molecular flexibility index (Phi) is 8.20. The minimum atomic E-state index is -0.318. The summed E-state index contributed by atoms with van der Waals surface area (Å²) in [7, 11) is 5.20. The molecule has 208 valence electrons. The third-order valence-electron chi connectivity index (χ3n) is 6.81. The van der Waals surface area contributed by atoms with Crippen molar-refractivity contribution in [2.24, 2.45) is 0 Å². The Morgan fingerprint density at radius 3 is 2.34 bits per heavy atom. The number of para-hydroxylation sites is 1. The lowest BCUT2D eigenvalue weighted by Crippen LogP contribution is -2.23. The second-order valence-electron chi connectivity index (χ2n) is 9.43. The fourth-order valence-electron chi connectivity index (χ4n) is 4.56. The van der Waals surface area contributed by atoms with E-state index in [0.29, 0.717) is 58.2 Å². The Morgan fingerprint density at radius 2 is 1.61 bits per heavy atom. The summed E-state index contributed by atoms with van der Waals surface area (Å²) in [6.45, 7) is 1.11. The van der Waals surface area contributed by atoms with Gasteiger partial charge in [0.25, 0.3) is 5.91 Å². The van der Waals surface area contributed by atoms with Crippen molar-refractivity contribution in [3.05, 3.63) is 113 Å². The number of fused-ring (bicyclic) bond motifs is 1. The number of H-pyrrole nitrogens is 1. The van der Waals surface area contributed by atoms with Gasteiger partial charge in [-0.1, -0.05) is 36.4 Å². The largest absolute Gasteiger partial charge is 0.493 e. The van der Waals surface area contributed by atoms with Gasteiger partial charge < -0.3 is 29.4 Å². The lowest BCUT2D eigenvalue weighted by Gasteiger charge is -2.21. The molecule has 0 saturated carbocycles. The van der Waals surface area contributed by atoms with E-state index in [-0.39, 0.29) is 11.3 Å². The van der Waals surface area contributed by atoms with E-state index in [1.54, 1.807) is 50.6 Å². The molecule has 1 heterocycles. The van der Waals surface area contributed by atoms with Gasteiger partial charge in [-0.05, 0) is 54.1 Å². The van der Waals surface area contributed by atoms with Crippen molar-refractivity contribution < 1.29 is 19.0 Å². The molecule has 0 aliphatic rings. The lowest BCUT2D eigenvalue weighted by atomic mass is 10.1. The Balaban J connectivity index is 1.23. The number of ether oxygens (including phenoxy) is 3. The normalized spacial score (nSPS) is 10.7. The number of amides is 1. The summed E-state index contributed by atoms with van der Waals surface area (Å²) in [4.78, 5) is 31.4. The Morgan fingerprint density at radius 1 is 0.854 bits per heavy atom. The van der Waals surface area contributed by atoms with Gasteiger partial charge in [0.15, 0.2) is 16.9 Å². The van der Waals surface area contributed by atoms with E-state index < -0.39 is 0 Å². The number of rotatable bonds is 10. The van der Waals surface area contributed by atoms with E-state index in [4.69, 9.17) is 14.2 Å². The quantitative estimate of drug-likeness (QED) is 0.223. The van der Waals surface area contributed by atoms with Crippen LogP contribution in [-0.2, 0) is 0 Å². The molecule has 0 fully saturated rings. The molecule has 2 N–H and O–H groups in total.